The quantitative estimate of drug-likeness (QED) is 0.866. The molecule has 1 aromatic carbocycles. The highest BCUT2D eigenvalue weighted by molar-refractivity contribution is 9.10. The number of nitrogens with zero attached hydrogens (tertiary/aromatic N) is 1. The van der Waals surface area contributed by atoms with Gasteiger partial charge in [0.05, 0.1) is 17.8 Å². The summed E-state index contributed by atoms with van der Waals surface area (Å²) in [7, 11) is 2.09. The van der Waals surface area contributed by atoms with E-state index in [4.69, 9.17) is 22.7 Å². The van der Waals surface area contributed by atoms with Gasteiger partial charge in [0.15, 0.2) is 0 Å². The Bertz CT molecular complexity index is 466. The highest BCUT2D eigenvalue weighted by atomic mass is 79.9. The lowest BCUT2D eigenvalue weighted by Gasteiger charge is -2.29. The molecule has 0 bridgehead atoms. The lowest BCUT2D eigenvalue weighted by atomic mass is 10.1. The van der Waals surface area contributed by atoms with E-state index in [0.717, 1.165) is 28.8 Å². The molecule has 0 saturated carbocycles. The third kappa shape index (κ3) is 2.68. The lowest BCUT2D eigenvalue weighted by molar-refractivity contribution is 0.118. The zero-order chi connectivity index (χ0) is 13.3. The van der Waals surface area contributed by atoms with Crippen molar-refractivity contribution in [3.8, 4) is 0 Å². The van der Waals surface area contributed by atoms with Gasteiger partial charge in [0, 0.05) is 23.7 Å². The third-order valence-corrected chi connectivity index (χ3v) is 4.32. The van der Waals surface area contributed by atoms with Gasteiger partial charge in [0.25, 0.3) is 0 Å². The predicted octanol–water partition coefficient (Wildman–Crippen LogP) is 2.70. The number of halogens is 1. The smallest absolute Gasteiger partial charge is 0.104 e. The fourth-order valence-corrected chi connectivity index (χ4v) is 3.14. The van der Waals surface area contributed by atoms with E-state index in [0.29, 0.717) is 11.0 Å². The molecule has 2 unspecified atom stereocenters. The molecule has 1 heterocycles. The first-order valence-electron chi connectivity index (χ1n) is 5.94. The van der Waals surface area contributed by atoms with Crippen LogP contribution in [-0.2, 0) is 4.74 Å². The summed E-state index contributed by atoms with van der Waals surface area (Å²) in [5.74, 6) is 0. The SMILES string of the molecule is CC1OCCC1N(C)c1ccc(C(N)=S)cc1Br. The molecule has 0 aliphatic carbocycles. The molecule has 98 valence electrons. The number of thiocarbonyl (C=S) groups is 1. The molecule has 5 heteroatoms. The van der Waals surface area contributed by atoms with Crippen molar-refractivity contribution in [1.29, 1.82) is 0 Å². The molecule has 1 aliphatic heterocycles. The minimum atomic E-state index is 0.261. The van der Waals surface area contributed by atoms with Crippen molar-refractivity contribution in [1.82, 2.24) is 0 Å². The van der Waals surface area contributed by atoms with E-state index in [9.17, 15) is 0 Å². The van der Waals surface area contributed by atoms with Crippen LogP contribution in [0.25, 0.3) is 0 Å². The number of benzene rings is 1. The summed E-state index contributed by atoms with van der Waals surface area (Å²) >= 11 is 8.57. The van der Waals surface area contributed by atoms with E-state index in [1.54, 1.807) is 0 Å². The average molecular weight is 329 g/mol. The van der Waals surface area contributed by atoms with Crippen LogP contribution in [0.2, 0.25) is 0 Å². The molecule has 1 aliphatic rings. The molecule has 0 radical (unpaired) electrons. The molecule has 0 spiro atoms. The van der Waals surface area contributed by atoms with Crippen molar-refractivity contribution >= 4 is 38.8 Å². The van der Waals surface area contributed by atoms with Crippen molar-refractivity contribution in [2.45, 2.75) is 25.5 Å². The normalized spacial score (nSPS) is 23.1. The summed E-state index contributed by atoms with van der Waals surface area (Å²) < 4.78 is 6.62. The number of likely N-dealkylation sites (N-methyl/N-ethyl adjacent to an activating group) is 1. The van der Waals surface area contributed by atoms with Gasteiger partial charge in [0.2, 0.25) is 0 Å². The summed E-state index contributed by atoms with van der Waals surface area (Å²) in [5.41, 5.74) is 7.65. The second kappa shape index (κ2) is 5.55. The van der Waals surface area contributed by atoms with Crippen LogP contribution >= 0.6 is 28.1 Å². The van der Waals surface area contributed by atoms with Crippen LogP contribution in [0.3, 0.4) is 0 Å². The van der Waals surface area contributed by atoms with E-state index < -0.39 is 0 Å². The van der Waals surface area contributed by atoms with Crippen LogP contribution in [0.5, 0.6) is 0 Å². The van der Waals surface area contributed by atoms with E-state index >= 15 is 0 Å². The molecule has 2 N–H and O–H groups in total. The molecule has 2 rings (SSSR count). The Morgan fingerprint density at radius 3 is 2.78 bits per heavy atom. The first kappa shape index (κ1) is 13.8. The van der Waals surface area contributed by atoms with Crippen LogP contribution in [-0.4, -0.2) is 30.8 Å². The number of nitrogens with two attached hydrogens (primary N) is 1. The topological polar surface area (TPSA) is 38.5 Å². The second-order valence-electron chi connectivity index (χ2n) is 4.57. The van der Waals surface area contributed by atoms with Crippen molar-refractivity contribution in [3.05, 3.63) is 28.2 Å². The molecule has 1 fully saturated rings. The Morgan fingerprint density at radius 1 is 1.56 bits per heavy atom. The van der Waals surface area contributed by atoms with Crippen molar-refractivity contribution in [2.75, 3.05) is 18.6 Å². The van der Waals surface area contributed by atoms with Gasteiger partial charge in [0.1, 0.15) is 4.99 Å². The van der Waals surface area contributed by atoms with Gasteiger partial charge in [-0.05, 0) is 47.5 Å². The van der Waals surface area contributed by atoms with Gasteiger partial charge in [-0.1, -0.05) is 12.2 Å². The van der Waals surface area contributed by atoms with Gasteiger partial charge < -0.3 is 15.4 Å². The van der Waals surface area contributed by atoms with Crippen molar-refractivity contribution in [2.24, 2.45) is 5.73 Å². The molecule has 0 aromatic heterocycles. The molecule has 18 heavy (non-hydrogen) atoms. The largest absolute Gasteiger partial charge is 0.389 e. The summed E-state index contributed by atoms with van der Waals surface area (Å²) in [6, 6.07) is 6.38. The van der Waals surface area contributed by atoms with Crippen LogP contribution in [0, 0.1) is 0 Å². The van der Waals surface area contributed by atoms with Crippen LogP contribution in [0.15, 0.2) is 22.7 Å². The Kier molecular flexibility index (Phi) is 4.25. The van der Waals surface area contributed by atoms with Gasteiger partial charge in [-0.25, -0.2) is 0 Å². The van der Waals surface area contributed by atoms with Crippen molar-refractivity contribution < 1.29 is 4.74 Å². The molecule has 2 atom stereocenters. The maximum Gasteiger partial charge on any atom is 0.104 e. The molecule has 1 saturated heterocycles. The Morgan fingerprint density at radius 2 is 2.28 bits per heavy atom. The summed E-state index contributed by atoms with van der Waals surface area (Å²) in [6.45, 7) is 2.95. The van der Waals surface area contributed by atoms with E-state index in [-0.39, 0.29) is 6.10 Å². The Balaban J connectivity index is 2.25. The number of ether oxygens (including phenoxy) is 1. The highest BCUT2D eigenvalue weighted by Gasteiger charge is 2.28. The minimum absolute atomic E-state index is 0.261. The fraction of sp³-hybridized carbons (Fsp3) is 0.462. The zero-order valence-corrected chi connectivity index (χ0v) is 12.9. The highest BCUT2D eigenvalue weighted by Crippen LogP contribution is 2.31. The molecule has 1 aromatic rings. The Labute approximate surface area is 121 Å². The van der Waals surface area contributed by atoms with Crippen LogP contribution in [0.4, 0.5) is 5.69 Å². The summed E-state index contributed by atoms with van der Waals surface area (Å²) in [6.07, 6.45) is 1.32. The van der Waals surface area contributed by atoms with E-state index in [2.05, 4.69) is 34.8 Å². The monoisotopic (exact) mass is 328 g/mol. The number of anilines is 1. The maximum atomic E-state index is 5.63. The number of hydrogen-bond donors (Lipinski definition) is 1. The number of hydrogen-bond acceptors (Lipinski definition) is 3. The van der Waals surface area contributed by atoms with Crippen molar-refractivity contribution in [3.63, 3.8) is 0 Å². The molecular formula is C13H17BrN2OS. The summed E-state index contributed by atoms with van der Waals surface area (Å²) in [5, 5.41) is 0. The molecule has 3 nitrogen and oxygen atoms in total. The third-order valence-electron chi connectivity index (χ3n) is 3.45. The Hall–Kier alpha value is -0.650. The second-order valence-corrected chi connectivity index (χ2v) is 5.87. The zero-order valence-electron chi connectivity index (χ0n) is 10.5. The van der Waals surface area contributed by atoms with Gasteiger partial charge >= 0.3 is 0 Å². The average Bonchev–Trinajstić information content (AvgIpc) is 2.74. The van der Waals surface area contributed by atoms with Crippen LogP contribution < -0.4 is 10.6 Å². The fourth-order valence-electron chi connectivity index (χ4n) is 2.35. The minimum Gasteiger partial charge on any atom is -0.389 e. The molecular weight excluding hydrogens is 312 g/mol. The standard InChI is InChI=1S/C13H17BrN2OS/c1-8-11(5-6-17-8)16(2)12-4-3-9(13(15)18)7-10(12)14/h3-4,7-8,11H,5-6H2,1-2H3,(H2,15,18). The van der Waals surface area contributed by atoms with Gasteiger partial charge in [-0.3, -0.25) is 0 Å². The predicted molar refractivity (Wildman–Crippen MR) is 82.3 cm³/mol. The maximum absolute atomic E-state index is 5.63. The number of rotatable bonds is 3. The molecule has 0 amide bonds. The van der Waals surface area contributed by atoms with Gasteiger partial charge in [-0.15, -0.1) is 0 Å². The lowest BCUT2D eigenvalue weighted by Crippen LogP contribution is -2.36. The van der Waals surface area contributed by atoms with E-state index in [1.807, 2.05) is 18.2 Å². The summed E-state index contributed by atoms with van der Waals surface area (Å²) in [4.78, 5) is 2.67. The first-order chi connectivity index (χ1) is 8.50. The van der Waals surface area contributed by atoms with Gasteiger partial charge in [-0.2, -0.15) is 0 Å². The van der Waals surface area contributed by atoms with E-state index in [1.165, 1.54) is 0 Å². The first-order valence-corrected chi connectivity index (χ1v) is 7.14. The van der Waals surface area contributed by atoms with Crippen LogP contribution in [0.1, 0.15) is 18.9 Å².